The molecule has 0 atom stereocenters. The average Bonchev–Trinajstić information content (AvgIpc) is 2.84. The first-order chi connectivity index (χ1) is 9.72. The molecular weight excluding hydrogens is 340 g/mol. The molecule has 0 amide bonds. The monoisotopic (exact) mass is 354 g/mol. The molecule has 0 aliphatic carbocycles. The van der Waals surface area contributed by atoms with Crippen LogP contribution < -0.4 is 0 Å². The quantitative estimate of drug-likeness (QED) is 0.565. The lowest BCUT2D eigenvalue weighted by atomic mass is 10.3. The van der Waals surface area contributed by atoms with Crippen LogP contribution >= 0.6 is 27.7 Å². The number of benzene rings is 1. The van der Waals surface area contributed by atoms with E-state index in [1.807, 2.05) is 30.3 Å². The number of rotatable bonds is 7. The van der Waals surface area contributed by atoms with E-state index in [4.69, 9.17) is 4.74 Å². The molecule has 0 spiro atoms. The van der Waals surface area contributed by atoms with E-state index in [0.29, 0.717) is 24.6 Å². The Balaban J connectivity index is 2.03. The standard InChI is InChI=1S/C14H15BrN2O2S/c1-19-8-7-17-14(12(15)9-16-17)13(18)10-20-11-5-3-2-4-6-11/h2-6,9H,7-8,10H2,1H3. The fraction of sp³-hybridized carbons (Fsp3) is 0.286. The number of hydrogen-bond donors (Lipinski definition) is 0. The number of aromatic nitrogens is 2. The van der Waals surface area contributed by atoms with E-state index < -0.39 is 0 Å². The zero-order valence-corrected chi connectivity index (χ0v) is 13.5. The van der Waals surface area contributed by atoms with Gasteiger partial charge in [0, 0.05) is 12.0 Å². The van der Waals surface area contributed by atoms with Crippen LogP contribution in [0.3, 0.4) is 0 Å². The number of hydrogen-bond acceptors (Lipinski definition) is 4. The summed E-state index contributed by atoms with van der Waals surface area (Å²) in [5.41, 5.74) is 0.602. The Hall–Kier alpha value is -1.11. The maximum atomic E-state index is 12.3. The number of methoxy groups -OCH3 is 1. The van der Waals surface area contributed by atoms with Crippen LogP contribution in [-0.4, -0.2) is 35.0 Å². The van der Waals surface area contributed by atoms with Crippen molar-refractivity contribution < 1.29 is 9.53 Å². The smallest absolute Gasteiger partial charge is 0.192 e. The molecule has 0 aliphatic rings. The highest BCUT2D eigenvalue weighted by molar-refractivity contribution is 9.10. The van der Waals surface area contributed by atoms with Crippen LogP contribution in [0.2, 0.25) is 0 Å². The molecule has 2 rings (SSSR count). The molecule has 0 fully saturated rings. The van der Waals surface area contributed by atoms with Crippen LogP contribution in [0, 0.1) is 0 Å². The molecule has 4 nitrogen and oxygen atoms in total. The van der Waals surface area contributed by atoms with Gasteiger partial charge in [0.05, 0.1) is 29.6 Å². The van der Waals surface area contributed by atoms with Crippen LogP contribution in [-0.2, 0) is 11.3 Å². The van der Waals surface area contributed by atoms with Crippen molar-refractivity contribution in [2.75, 3.05) is 19.5 Å². The van der Waals surface area contributed by atoms with Gasteiger partial charge in [-0.25, -0.2) is 0 Å². The number of carbonyl (C=O) groups is 1. The van der Waals surface area contributed by atoms with Gasteiger partial charge in [0.1, 0.15) is 5.69 Å². The topological polar surface area (TPSA) is 44.1 Å². The second kappa shape index (κ2) is 7.61. The van der Waals surface area contributed by atoms with E-state index in [-0.39, 0.29) is 5.78 Å². The van der Waals surface area contributed by atoms with Crippen molar-refractivity contribution in [2.45, 2.75) is 11.4 Å². The predicted molar refractivity (Wildman–Crippen MR) is 83.3 cm³/mol. The first-order valence-corrected chi connectivity index (χ1v) is 7.91. The summed E-state index contributed by atoms with van der Waals surface area (Å²) in [5, 5.41) is 4.19. The van der Waals surface area contributed by atoms with E-state index in [9.17, 15) is 4.79 Å². The fourth-order valence-electron chi connectivity index (χ4n) is 1.72. The number of nitrogens with zero attached hydrogens (tertiary/aromatic N) is 2. The van der Waals surface area contributed by atoms with E-state index in [1.165, 1.54) is 11.8 Å². The summed E-state index contributed by atoms with van der Waals surface area (Å²) in [6.45, 7) is 1.10. The minimum atomic E-state index is 0.0549. The van der Waals surface area contributed by atoms with E-state index in [1.54, 1.807) is 18.0 Å². The summed E-state index contributed by atoms with van der Waals surface area (Å²) >= 11 is 4.91. The molecule has 0 aliphatic heterocycles. The normalized spacial score (nSPS) is 10.7. The second-order valence-corrected chi connectivity index (χ2v) is 5.99. The Morgan fingerprint density at radius 2 is 2.15 bits per heavy atom. The lowest BCUT2D eigenvalue weighted by molar-refractivity contribution is 0.100. The van der Waals surface area contributed by atoms with Crippen molar-refractivity contribution in [3.05, 3.63) is 46.7 Å². The van der Waals surface area contributed by atoms with Crippen molar-refractivity contribution in [3.8, 4) is 0 Å². The lowest BCUT2D eigenvalue weighted by Crippen LogP contribution is -2.15. The van der Waals surface area contributed by atoms with Gasteiger partial charge < -0.3 is 4.74 Å². The second-order valence-electron chi connectivity index (χ2n) is 4.08. The molecule has 0 radical (unpaired) electrons. The molecule has 0 saturated carbocycles. The number of ether oxygens (including phenoxy) is 1. The van der Waals surface area contributed by atoms with Gasteiger partial charge in [-0.15, -0.1) is 11.8 Å². The summed E-state index contributed by atoms with van der Waals surface area (Å²) in [6.07, 6.45) is 1.65. The summed E-state index contributed by atoms with van der Waals surface area (Å²) < 4.78 is 7.44. The Morgan fingerprint density at radius 1 is 1.40 bits per heavy atom. The molecule has 2 aromatic rings. The minimum Gasteiger partial charge on any atom is -0.383 e. The molecule has 106 valence electrons. The molecular formula is C14H15BrN2O2S. The van der Waals surface area contributed by atoms with Crippen LogP contribution in [0.15, 0.2) is 45.9 Å². The van der Waals surface area contributed by atoms with Crippen molar-refractivity contribution in [1.82, 2.24) is 9.78 Å². The highest BCUT2D eigenvalue weighted by Gasteiger charge is 2.17. The number of Topliss-reactive ketones (excluding diaryl/α,β-unsaturated/α-hetero) is 1. The third-order valence-electron chi connectivity index (χ3n) is 2.68. The van der Waals surface area contributed by atoms with Crippen LogP contribution in [0.1, 0.15) is 10.5 Å². The maximum Gasteiger partial charge on any atom is 0.192 e. The van der Waals surface area contributed by atoms with Crippen LogP contribution in [0.25, 0.3) is 0 Å². The average molecular weight is 355 g/mol. The third kappa shape index (κ3) is 3.94. The number of thioether (sulfide) groups is 1. The van der Waals surface area contributed by atoms with Crippen molar-refractivity contribution in [3.63, 3.8) is 0 Å². The minimum absolute atomic E-state index is 0.0549. The van der Waals surface area contributed by atoms with Crippen LogP contribution in [0.5, 0.6) is 0 Å². The van der Waals surface area contributed by atoms with Gasteiger partial charge in [0.25, 0.3) is 0 Å². The molecule has 6 heteroatoms. The molecule has 0 N–H and O–H groups in total. The van der Waals surface area contributed by atoms with E-state index in [2.05, 4.69) is 21.0 Å². The lowest BCUT2D eigenvalue weighted by Gasteiger charge is -2.07. The van der Waals surface area contributed by atoms with Gasteiger partial charge in [-0.2, -0.15) is 5.10 Å². The largest absolute Gasteiger partial charge is 0.383 e. The summed E-state index contributed by atoms with van der Waals surface area (Å²) in [5.74, 6) is 0.445. The van der Waals surface area contributed by atoms with Gasteiger partial charge >= 0.3 is 0 Å². The van der Waals surface area contributed by atoms with Gasteiger partial charge in [-0.3, -0.25) is 9.48 Å². The summed E-state index contributed by atoms with van der Waals surface area (Å²) in [4.78, 5) is 13.4. The molecule has 20 heavy (non-hydrogen) atoms. The zero-order chi connectivity index (χ0) is 14.4. The fourth-order valence-corrected chi connectivity index (χ4v) is 3.02. The van der Waals surface area contributed by atoms with Crippen molar-refractivity contribution in [2.24, 2.45) is 0 Å². The Kier molecular flexibility index (Phi) is 5.82. The number of halogens is 1. The van der Waals surface area contributed by atoms with Crippen LogP contribution in [0.4, 0.5) is 0 Å². The molecule has 0 unspecified atom stereocenters. The molecule has 1 aromatic heterocycles. The molecule has 1 aromatic carbocycles. The highest BCUT2D eigenvalue weighted by Crippen LogP contribution is 2.22. The third-order valence-corrected chi connectivity index (χ3v) is 4.27. The first kappa shape index (κ1) is 15.3. The summed E-state index contributed by atoms with van der Waals surface area (Å²) in [7, 11) is 1.63. The van der Waals surface area contributed by atoms with Gasteiger partial charge in [-0.1, -0.05) is 18.2 Å². The van der Waals surface area contributed by atoms with E-state index in [0.717, 1.165) is 9.37 Å². The maximum absolute atomic E-state index is 12.3. The Labute approximate surface area is 130 Å². The van der Waals surface area contributed by atoms with Crippen molar-refractivity contribution >= 4 is 33.5 Å². The molecule has 0 saturated heterocycles. The van der Waals surface area contributed by atoms with Gasteiger partial charge in [-0.05, 0) is 28.1 Å². The zero-order valence-electron chi connectivity index (χ0n) is 11.1. The van der Waals surface area contributed by atoms with E-state index >= 15 is 0 Å². The summed E-state index contributed by atoms with van der Waals surface area (Å²) in [6, 6.07) is 9.88. The molecule has 0 bridgehead atoms. The Bertz CT molecular complexity index is 572. The highest BCUT2D eigenvalue weighted by atomic mass is 79.9. The van der Waals surface area contributed by atoms with Gasteiger partial charge in [0.2, 0.25) is 0 Å². The number of ketones is 1. The first-order valence-electron chi connectivity index (χ1n) is 6.13. The van der Waals surface area contributed by atoms with Gasteiger partial charge in [0.15, 0.2) is 5.78 Å². The Morgan fingerprint density at radius 3 is 2.85 bits per heavy atom. The number of carbonyl (C=O) groups excluding carboxylic acids is 1. The SMILES string of the molecule is COCCn1ncc(Br)c1C(=O)CSc1ccccc1. The molecule has 1 heterocycles. The predicted octanol–water partition coefficient (Wildman–Crippen LogP) is 3.27. The van der Waals surface area contributed by atoms with Crippen molar-refractivity contribution in [1.29, 1.82) is 0 Å².